The molecule has 1 heterocycles. The highest BCUT2D eigenvalue weighted by atomic mass is 32.2. The third kappa shape index (κ3) is 4.61. The Balaban J connectivity index is 2.05. The number of aromatic nitrogens is 1. The number of H-pyrrole nitrogens is 1. The zero-order valence-electron chi connectivity index (χ0n) is 17.3. The van der Waals surface area contributed by atoms with Crippen LogP contribution in [-0.4, -0.2) is 38.8 Å². The van der Waals surface area contributed by atoms with Gasteiger partial charge in [-0.15, -0.1) is 0 Å². The Kier molecular flexibility index (Phi) is 6.45. The summed E-state index contributed by atoms with van der Waals surface area (Å²) in [6, 6.07) is 8.83. The minimum atomic E-state index is -3.32. The van der Waals surface area contributed by atoms with E-state index in [1.807, 2.05) is 0 Å². The normalized spacial score (nSPS) is 11.5. The van der Waals surface area contributed by atoms with E-state index < -0.39 is 27.2 Å². The van der Waals surface area contributed by atoms with Gasteiger partial charge in [-0.25, -0.2) is 17.6 Å². The van der Waals surface area contributed by atoms with Crippen LogP contribution < -0.4 is 10.3 Å². The van der Waals surface area contributed by atoms with E-state index in [0.29, 0.717) is 16.5 Å². The molecule has 0 saturated carbocycles. The van der Waals surface area contributed by atoms with Crippen molar-refractivity contribution < 1.29 is 27.1 Å². The molecule has 0 bridgehead atoms. The van der Waals surface area contributed by atoms with Gasteiger partial charge in [0.05, 0.1) is 23.3 Å². The summed E-state index contributed by atoms with van der Waals surface area (Å²) in [5, 5.41) is 0.351. The maximum atomic E-state index is 14.4. The summed E-state index contributed by atoms with van der Waals surface area (Å²) in [6.45, 7) is 2.88. The molecule has 0 spiro atoms. The van der Waals surface area contributed by atoms with Crippen LogP contribution in [0.15, 0.2) is 46.1 Å². The van der Waals surface area contributed by atoms with Crippen molar-refractivity contribution in [2.24, 2.45) is 0 Å². The van der Waals surface area contributed by atoms with Crippen molar-refractivity contribution in [1.29, 1.82) is 0 Å². The number of aryl methyl sites for hydroxylation is 1. The number of benzene rings is 2. The zero-order chi connectivity index (χ0) is 22.8. The Bertz CT molecular complexity index is 1300. The third-order valence-corrected chi connectivity index (χ3v) is 6.82. The summed E-state index contributed by atoms with van der Waals surface area (Å²) in [5.41, 5.74) is 1.13. The summed E-state index contributed by atoms with van der Waals surface area (Å²) in [6.07, 6.45) is 0.205. The number of fused-ring (bicyclic) bond motifs is 1. The predicted octanol–water partition coefficient (Wildman–Crippen LogP) is 2.91. The van der Waals surface area contributed by atoms with Gasteiger partial charge >= 0.3 is 5.97 Å². The van der Waals surface area contributed by atoms with Gasteiger partial charge in [-0.2, -0.15) is 0 Å². The van der Waals surface area contributed by atoms with E-state index in [4.69, 9.17) is 4.74 Å². The molecule has 0 atom stereocenters. The molecule has 3 rings (SSSR count). The van der Waals surface area contributed by atoms with Gasteiger partial charge in [0.25, 0.3) is 5.56 Å². The maximum absolute atomic E-state index is 14.4. The van der Waals surface area contributed by atoms with Gasteiger partial charge < -0.3 is 14.5 Å². The van der Waals surface area contributed by atoms with E-state index in [0.717, 1.165) is 11.6 Å². The number of sulfone groups is 1. The molecule has 1 N–H and O–H groups in total. The molecule has 0 unspecified atom stereocenters. The first-order valence-corrected chi connectivity index (χ1v) is 11.2. The predicted molar refractivity (Wildman–Crippen MR) is 114 cm³/mol. The third-order valence-electron chi connectivity index (χ3n) is 5.07. The van der Waals surface area contributed by atoms with Crippen molar-refractivity contribution >= 4 is 26.7 Å². The minimum Gasteiger partial charge on any atom is -0.481 e. The number of aromatic amines is 1. The molecule has 0 saturated heterocycles. The van der Waals surface area contributed by atoms with Gasteiger partial charge in [0.15, 0.2) is 16.4 Å². The summed E-state index contributed by atoms with van der Waals surface area (Å²) < 4.78 is 48.4. The molecule has 1 aromatic heterocycles. The van der Waals surface area contributed by atoms with Crippen molar-refractivity contribution in [3.8, 4) is 5.75 Å². The number of methoxy groups -OCH3 is 1. The Morgan fingerprint density at radius 2 is 1.81 bits per heavy atom. The van der Waals surface area contributed by atoms with Crippen LogP contribution in [0.4, 0.5) is 4.39 Å². The number of rotatable bonds is 7. The lowest BCUT2D eigenvalue weighted by Crippen LogP contribution is -2.17. The number of carbonyl (C=O) groups is 1. The van der Waals surface area contributed by atoms with E-state index in [2.05, 4.69) is 9.72 Å². The average molecular weight is 447 g/mol. The fourth-order valence-corrected chi connectivity index (χ4v) is 4.16. The topological polar surface area (TPSA) is 103 Å². The van der Waals surface area contributed by atoms with Crippen LogP contribution in [-0.2, 0) is 25.8 Å². The fraction of sp³-hybridized carbons (Fsp3) is 0.273. The molecule has 0 aliphatic carbocycles. The van der Waals surface area contributed by atoms with Gasteiger partial charge in [-0.3, -0.25) is 4.79 Å². The Morgan fingerprint density at radius 3 is 2.42 bits per heavy atom. The summed E-state index contributed by atoms with van der Waals surface area (Å²) in [4.78, 5) is 26.9. The average Bonchev–Trinajstić information content (AvgIpc) is 2.76. The van der Waals surface area contributed by atoms with Gasteiger partial charge in [0, 0.05) is 17.4 Å². The lowest BCUT2D eigenvalue weighted by molar-refractivity contribution is -0.142. The second-order valence-corrected chi connectivity index (χ2v) is 9.22. The molecular weight excluding hydrogens is 425 g/mol. The lowest BCUT2D eigenvalue weighted by Gasteiger charge is -2.14. The van der Waals surface area contributed by atoms with Crippen LogP contribution in [0.5, 0.6) is 5.75 Å². The largest absolute Gasteiger partial charge is 0.481 e. The van der Waals surface area contributed by atoms with Crippen LogP contribution in [0.2, 0.25) is 0 Å². The van der Waals surface area contributed by atoms with E-state index >= 15 is 0 Å². The number of pyridine rings is 1. The summed E-state index contributed by atoms with van der Waals surface area (Å²) >= 11 is 0. The number of nitrogens with one attached hydrogen (secondary N) is 1. The highest BCUT2D eigenvalue weighted by molar-refractivity contribution is 7.91. The molecule has 0 fully saturated rings. The number of hydrogen-bond acceptors (Lipinski definition) is 6. The standard InChI is InChI=1S/C22H22FNO6S/c1-4-31(27,28)15-7-5-14(6-8-15)11-16-13(2)20-18(30-12-19(25)29-3)10-9-17(23)21(20)24-22(16)26/h5-10H,4,11-12H2,1-3H3,(H,24,26). The monoisotopic (exact) mass is 447 g/mol. The van der Waals surface area contributed by atoms with E-state index in [1.54, 1.807) is 26.0 Å². The highest BCUT2D eigenvalue weighted by Gasteiger charge is 2.18. The van der Waals surface area contributed by atoms with E-state index in [-0.39, 0.29) is 34.9 Å². The molecular formula is C22H22FNO6S. The van der Waals surface area contributed by atoms with Crippen LogP contribution in [0.3, 0.4) is 0 Å². The zero-order valence-corrected chi connectivity index (χ0v) is 18.1. The Labute approximate surface area is 178 Å². The molecule has 7 nitrogen and oxygen atoms in total. The van der Waals surface area contributed by atoms with Gasteiger partial charge in [0.2, 0.25) is 0 Å². The number of hydrogen-bond donors (Lipinski definition) is 1. The van der Waals surface area contributed by atoms with Crippen molar-refractivity contribution in [1.82, 2.24) is 4.98 Å². The molecule has 9 heteroatoms. The molecule has 31 heavy (non-hydrogen) atoms. The second-order valence-electron chi connectivity index (χ2n) is 6.94. The van der Waals surface area contributed by atoms with E-state index in [1.165, 1.54) is 25.3 Å². The van der Waals surface area contributed by atoms with Gasteiger partial charge in [-0.1, -0.05) is 19.1 Å². The second kappa shape index (κ2) is 8.89. The maximum Gasteiger partial charge on any atom is 0.343 e. The van der Waals surface area contributed by atoms with Gasteiger partial charge in [0.1, 0.15) is 11.6 Å². The number of carbonyl (C=O) groups excluding carboxylic acids is 1. The Hall–Kier alpha value is -3.20. The molecule has 0 aliphatic heterocycles. The smallest absolute Gasteiger partial charge is 0.343 e. The molecule has 0 aliphatic rings. The quantitative estimate of drug-likeness (QED) is 0.559. The SMILES string of the molecule is CCS(=O)(=O)c1ccc(Cc2c(C)c3c(OCC(=O)OC)ccc(F)c3[nH]c2=O)cc1. The fourth-order valence-electron chi connectivity index (χ4n) is 3.28. The first-order chi connectivity index (χ1) is 14.7. The molecule has 2 aromatic carbocycles. The number of esters is 1. The van der Waals surface area contributed by atoms with Crippen molar-refractivity contribution in [3.05, 3.63) is 69.3 Å². The van der Waals surface area contributed by atoms with Crippen molar-refractivity contribution in [2.75, 3.05) is 19.5 Å². The van der Waals surface area contributed by atoms with Crippen molar-refractivity contribution in [2.45, 2.75) is 25.2 Å². The molecule has 164 valence electrons. The minimum absolute atomic E-state index is 0.00425. The first kappa shape index (κ1) is 22.5. The lowest BCUT2D eigenvalue weighted by atomic mass is 9.98. The first-order valence-electron chi connectivity index (χ1n) is 9.53. The van der Waals surface area contributed by atoms with Crippen LogP contribution in [0.1, 0.15) is 23.6 Å². The summed E-state index contributed by atoms with van der Waals surface area (Å²) in [5.74, 6) is -0.986. The number of ether oxygens (including phenoxy) is 2. The van der Waals surface area contributed by atoms with Crippen LogP contribution in [0, 0.1) is 12.7 Å². The van der Waals surface area contributed by atoms with Crippen LogP contribution in [0.25, 0.3) is 10.9 Å². The Morgan fingerprint density at radius 1 is 1.13 bits per heavy atom. The van der Waals surface area contributed by atoms with E-state index in [9.17, 15) is 22.4 Å². The molecule has 3 aromatic rings. The van der Waals surface area contributed by atoms with Gasteiger partial charge in [-0.05, 0) is 42.3 Å². The summed E-state index contributed by atoms with van der Waals surface area (Å²) in [7, 11) is -2.09. The van der Waals surface area contributed by atoms with Crippen molar-refractivity contribution in [3.63, 3.8) is 0 Å². The molecule has 0 radical (unpaired) electrons. The number of halogens is 1. The molecule has 0 amide bonds. The highest BCUT2D eigenvalue weighted by Crippen LogP contribution is 2.31. The van der Waals surface area contributed by atoms with Crippen LogP contribution >= 0.6 is 0 Å².